The molecule has 0 aromatic heterocycles. The summed E-state index contributed by atoms with van der Waals surface area (Å²) >= 11 is 0. The van der Waals surface area contributed by atoms with Crippen LogP contribution < -0.4 is 14.2 Å². The monoisotopic (exact) mass is 410 g/mol. The van der Waals surface area contributed by atoms with Crippen molar-refractivity contribution in [1.29, 1.82) is 0 Å². The maximum atomic E-state index is 12.9. The van der Waals surface area contributed by atoms with Crippen molar-refractivity contribution in [3.8, 4) is 17.2 Å². The Kier molecular flexibility index (Phi) is 6.13. The van der Waals surface area contributed by atoms with E-state index >= 15 is 0 Å². The average Bonchev–Trinajstić information content (AvgIpc) is 3.22. The molecule has 1 fully saturated rings. The predicted molar refractivity (Wildman–Crippen MR) is 115 cm³/mol. The summed E-state index contributed by atoms with van der Waals surface area (Å²) in [6, 6.07) is 14.1. The summed E-state index contributed by atoms with van der Waals surface area (Å²) in [7, 11) is 0. The van der Waals surface area contributed by atoms with Crippen molar-refractivity contribution in [2.75, 3.05) is 33.0 Å². The van der Waals surface area contributed by atoms with Gasteiger partial charge in [-0.15, -0.1) is 0 Å². The Balaban J connectivity index is 1.30. The van der Waals surface area contributed by atoms with Gasteiger partial charge in [-0.05, 0) is 42.2 Å². The van der Waals surface area contributed by atoms with E-state index in [1.54, 1.807) is 0 Å². The third kappa shape index (κ3) is 4.54. The second-order valence-corrected chi connectivity index (χ2v) is 8.24. The van der Waals surface area contributed by atoms with Gasteiger partial charge in [-0.25, -0.2) is 0 Å². The molecule has 0 saturated carbocycles. The second-order valence-electron chi connectivity index (χ2n) is 8.24. The maximum absolute atomic E-state index is 12.9. The molecule has 0 N–H and O–H groups in total. The number of carbonyl (C=O) groups is 1. The quantitative estimate of drug-likeness (QED) is 0.728. The Morgan fingerprint density at radius 2 is 1.73 bits per heavy atom. The highest BCUT2D eigenvalue weighted by Crippen LogP contribution is 2.33. The van der Waals surface area contributed by atoms with E-state index in [2.05, 4.69) is 30.9 Å². The number of fused-ring (bicyclic) bond motifs is 1. The van der Waals surface area contributed by atoms with E-state index in [0.29, 0.717) is 25.8 Å². The lowest BCUT2D eigenvalue weighted by atomic mass is 10.0. The van der Waals surface area contributed by atoms with E-state index in [4.69, 9.17) is 14.2 Å². The van der Waals surface area contributed by atoms with E-state index in [0.717, 1.165) is 42.4 Å². The Labute approximate surface area is 178 Å². The highest BCUT2D eigenvalue weighted by Gasteiger charge is 2.27. The normalized spacial score (nSPS) is 17.3. The van der Waals surface area contributed by atoms with Crippen LogP contribution in [0.5, 0.6) is 17.2 Å². The van der Waals surface area contributed by atoms with Gasteiger partial charge in [-0.3, -0.25) is 9.69 Å². The first-order valence-corrected chi connectivity index (χ1v) is 10.7. The molecule has 2 aromatic carbocycles. The molecule has 0 spiro atoms. The molecule has 2 aromatic rings. The van der Waals surface area contributed by atoms with Crippen LogP contribution >= 0.6 is 0 Å². The van der Waals surface area contributed by atoms with Crippen molar-refractivity contribution in [2.24, 2.45) is 0 Å². The van der Waals surface area contributed by atoms with E-state index in [9.17, 15) is 4.79 Å². The molecule has 0 aliphatic carbocycles. The van der Waals surface area contributed by atoms with Crippen molar-refractivity contribution < 1.29 is 19.0 Å². The summed E-state index contributed by atoms with van der Waals surface area (Å²) < 4.78 is 16.9. The molecule has 160 valence electrons. The lowest BCUT2D eigenvalue weighted by Gasteiger charge is -2.36. The Hall–Kier alpha value is -2.73. The molecule has 6 nitrogen and oxygen atoms in total. The molecule has 1 saturated heterocycles. The number of piperazine rings is 1. The first kappa shape index (κ1) is 20.5. The van der Waals surface area contributed by atoms with E-state index in [1.165, 1.54) is 5.56 Å². The van der Waals surface area contributed by atoms with Crippen molar-refractivity contribution >= 4 is 5.91 Å². The van der Waals surface area contributed by atoms with E-state index in [1.807, 2.05) is 42.2 Å². The van der Waals surface area contributed by atoms with Gasteiger partial charge in [-0.1, -0.05) is 38.1 Å². The van der Waals surface area contributed by atoms with Gasteiger partial charge in [0.2, 0.25) is 6.79 Å². The zero-order valence-electron chi connectivity index (χ0n) is 18.0. The minimum atomic E-state index is -0.495. The summed E-state index contributed by atoms with van der Waals surface area (Å²) in [5, 5.41) is 0. The number of hydrogen-bond acceptors (Lipinski definition) is 5. The second kappa shape index (κ2) is 8.96. The highest BCUT2D eigenvalue weighted by molar-refractivity contribution is 5.81. The van der Waals surface area contributed by atoms with Crippen LogP contribution in [0.1, 0.15) is 37.8 Å². The summed E-state index contributed by atoms with van der Waals surface area (Å²) in [6.07, 6.45) is -0.495. The number of benzene rings is 2. The minimum absolute atomic E-state index is 0.0521. The fraction of sp³-hybridized carbons (Fsp3) is 0.458. The molecule has 1 atom stereocenters. The van der Waals surface area contributed by atoms with Gasteiger partial charge in [0.1, 0.15) is 5.75 Å². The minimum Gasteiger partial charge on any atom is -0.481 e. The van der Waals surface area contributed by atoms with Crippen LogP contribution in [0.4, 0.5) is 0 Å². The van der Waals surface area contributed by atoms with Crippen LogP contribution in [0.3, 0.4) is 0 Å². The number of nitrogens with zero attached hydrogens (tertiary/aromatic N) is 2. The zero-order valence-corrected chi connectivity index (χ0v) is 18.0. The molecule has 0 radical (unpaired) electrons. The molecule has 0 unspecified atom stereocenters. The molecular weight excluding hydrogens is 380 g/mol. The van der Waals surface area contributed by atoms with Crippen LogP contribution in [0, 0.1) is 0 Å². The molecule has 2 heterocycles. The molecule has 2 aliphatic rings. The maximum Gasteiger partial charge on any atom is 0.263 e. The number of amides is 1. The topological polar surface area (TPSA) is 51.2 Å². The van der Waals surface area contributed by atoms with Crippen molar-refractivity contribution in [3.63, 3.8) is 0 Å². The summed E-state index contributed by atoms with van der Waals surface area (Å²) in [4.78, 5) is 17.2. The van der Waals surface area contributed by atoms with E-state index in [-0.39, 0.29) is 5.91 Å². The first-order valence-electron chi connectivity index (χ1n) is 10.7. The van der Waals surface area contributed by atoms with Gasteiger partial charge in [0.25, 0.3) is 5.91 Å². The smallest absolute Gasteiger partial charge is 0.263 e. The molecule has 0 bridgehead atoms. The van der Waals surface area contributed by atoms with Gasteiger partial charge >= 0.3 is 0 Å². The van der Waals surface area contributed by atoms with Crippen molar-refractivity contribution in [2.45, 2.75) is 39.3 Å². The molecule has 30 heavy (non-hydrogen) atoms. The first-order chi connectivity index (χ1) is 14.5. The van der Waals surface area contributed by atoms with Crippen molar-refractivity contribution in [1.82, 2.24) is 9.80 Å². The van der Waals surface area contributed by atoms with Gasteiger partial charge in [-0.2, -0.15) is 0 Å². The number of hydrogen-bond donors (Lipinski definition) is 0. The number of ether oxygens (including phenoxy) is 3. The largest absolute Gasteiger partial charge is 0.481 e. The van der Waals surface area contributed by atoms with Crippen LogP contribution in [-0.2, 0) is 11.3 Å². The Morgan fingerprint density at radius 3 is 2.50 bits per heavy atom. The lowest BCUT2D eigenvalue weighted by molar-refractivity contribution is -0.139. The van der Waals surface area contributed by atoms with Crippen LogP contribution in [0.25, 0.3) is 0 Å². The molecule has 6 heteroatoms. The van der Waals surface area contributed by atoms with Crippen LogP contribution in [0.15, 0.2) is 42.5 Å². The summed E-state index contributed by atoms with van der Waals surface area (Å²) in [5.74, 6) is 2.82. The SMILES string of the molecule is CC(C)c1ccccc1O[C@@H](C)C(=O)N1CCN(Cc2ccc3c(c2)OCO3)CC1. The number of rotatable bonds is 6. The van der Waals surface area contributed by atoms with Crippen LogP contribution in [-0.4, -0.2) is 54.8 Å². The Morgan fingerprint density at radius 1 is 1.00 bits per heavy atom. The number of carbonyl (C=O) groups excluding carboxylic acids is 1. The van der Waals surface area contributed by atoms with Gasteiger partial charge in [0.05, 0.1) is 0 Å². The third-order valence-electron chi connectivity index (χ3n) is 5.72. The van der Waals surface area contributed by atoms with Gasteiger partial charge < -0.3 is 19.1 Å². The molecule has 1 amide bonds. The molecule has 4 rings (SSSR count). The molecular formula is C24H30N2O4. The standard InChI is InChI=1S/C24H30N2O4/c1-17(2)20-6-4-5-7-21(20)30-18(3)24(27)26-12-10-25(11-13-26)15-19-8-9-22-23(14-19)29-16-28-22/h4-9,14,17-18H,10-13,15-16H2,1-3H3/t18-/m0/s1. The fourth-order valence-corrected chi connectivity index (χ4v) is 3.99. The molecule has 2 aliphatic heterocycles. The third-order valence-corrected chi connectivity index (χ3v) is 5.72. The highest BCUT2D eigenvalue weighted by atomic mass is 16.7. The van der Waals surface area contributed by atoms with Crippen molar-refractivity contribution in [3.05, 3.63) is 53.6 Å². The average molecular weight is 411 g/mol. The van der Waals surface area contributed by atoms with Crippen LogP contribution in [0.2, 0.25) is 0 Å². The predicted octanol–water partition coefficient (Wildman–Crippen LogP) is 3.65. The Bertz CT molecular complexity index is 891. The summed E-state index contributed by atoms with van der Waals surface area (Å²) in [5.41, 5.74) is 2.33. The fourth-order valence-electron chi connectivity index (χ4n) is 3.99. The van der Waals surface area contributed by atoms with Gasteiger partial charge in [0, 0.05) is 32.7 Å². The number of para-hydroxylation sites is 1. The van der Waals surface area contributed by atoms with E-state index < -0.39 is 6.10 Å². The zero-order chi connectivity index (χ0) is 21.1. The lowest BCUT2D eigenvalue weighted by Crippen LogP contribution is -2.51. The summed E-state index contributed by atoms with van der Waals surface area (Å²) in [6.45, 7) is 10.4. The van der Waals surface area contributed by atoms with Gasteiger partial charge in [0.15, 0.2) is 17.6 Å².